The average molecular weight is 365 g/mol. The van der Waals surface area contributed by atoms with Gasteiger partial charge in [0.1, 0.15) is 5.84 Å². The van der Waals surface area contributed by atoms with E-state index in [-0.39, 0.29) is 22.5 Å². The third-order valence-corrected chi connectivity index (χ3v) is 3.53. The second-order valence-electron chi connectivity index (χ2n) is 5.36. The van der Waals surface area contributed by atoms with Crippen molar-refractivity contribution in [2.75, 3.05) is 0 Å². The molecule has 0 bridgehead atoms. The first kappa shape index (κ1) is 19.0. The van der Waals surface area contributed by atoms with Crippen LogP contribution in [0.1, 0.15) is 33.1 Å². The van der Waals surface area contributed by atoms with E-state index in [1.807, 2.05) is 0 Å². The number of amidine groups is 1. The van der Waals surface area contributed by atoms with Crippen LogP contribution in [-0.2, 0) is 11.0 Å². The average Bonchev–Trinajstić information content (AvgIpc) is 2.58. The van der Waals surface area contributed by atoms with Gasteiger partial charge in [0.2, 0.25) is 0 Å². The molecule has 0 fully saturated rings. The molecule has 5 N–H and O–H groups in total. The number of nitrogens with two attached hydrogens (primary N) is 1. The van der Waals surface area contributed by atoms with Gasteiger partial charge in [0.05, 0.1) is 5.56 Å². The highest BCUT2D eigenvalue weighted by atomic mass is 19.4. The van der Waals surface area contributed by atoms with E-state index in [4.69, 9.17) is 11.1 Å². The Morgan fingerprint density at radius 2 is 1.65 bits per heavy atom. The van der Waals surface area contributed by atoms with Gasteiger partial charge in [-0.15, -0.1) is 0 Å². The van der Waals surface area contributed by atoms with Crippen LogP contribution in [0.25, 0.3) is 0 Å². The summed E-state index contributed by atoms with van der Waals surface area (Å²) in [5.41, 5.74) is 4.74. The number of halogens is 3. The van der Waals surface area contributed by atoms with Crippen LogP contribution in [0.3, 0.4) is 0 Å². The van der Waals surface area contributed by atoms with Crippen LogP contribution in [-0.4, -0.2) is 22.8 Å². The molecular formula is C17H14F3N3O3. The number of nitrogens with one attached hydrogen (secondary N) is 2. The normalized spacial score (nSPS) is 12.3. The third-order valence-electron chi connectivity index (χ3n) is 3.53. The summed E-state index contributed by atoms with van der Waals surface area (Å²) >= 11 is 0. The fourth-order valence-corrected chi connectivity index (χ4v) is 2.19. The summed E-state index contributed by atoms with van der Waals surface area (Å²) in [6.07, 6.45) is -4.55. The molecular weight excluding hydrogens is 351 g/mol. The largest absolute Gasteiger partial charge is 0.479 e. The van der Waals surface area contributed by atoms with Crippen molar-refractivity contribution < 1.29 is 27.9 Å². The lowest BCUT2D eigenvalue weighted by Gasteiger charge is -2.16. The Balaban J connectivity index is 2.26. The maximum Gasteiger partial charge on any atom is 0.416 e. The molecule has 1 atom stereocenters. The number of alkyl halides is 3. The van der Waals surface area contributed by atoms with E-state index in [1.54, 1.807) is 0 Å². The minimum Gasteiger partial charge on any atom is -0.479 e. The predicted octanol–water partition coefficient (Wildman–Crippen LogP) is 2.55. The van der Waals surface area contributed by atoms with E-state index in [0.717, 1.165) is 24.3 Å². The molecule has 0 spiro atoms. The zero-order valence-electron chi connectivity index (χ0n) is 13.2. The molecule has 0 saturated heterocycles. The number of carbonyl (C=O) groups is 2. The Hall–Kier alpha value is -3.36. The molecule has 0 aliphatic rings. The molecule has 0 aromatic heterocycles. The smallest absolute Gasteiger partial charge is 0.416 e. The maximum absolute atomic E-state index is 12.6. The van der Waals surface area contributed by atoms with Gasteiger partial charge in [-0.25, -0.2) is 4.79 Å². The van der Waals surface area contributed by atoms with Gasteiger partial charge < -0.3 is 16.2 Å². The van der Waals surface area contributed by atoms with Crippen molar-refractivity contribution >= 4 is 17.7 Å². The number of amides is 1. The Morgan fingerprint density at radius 3 is 2.15 bits per heavy atom. The predicted molar refractivity (Wildman–Crippen MR) is 86.7 cm³/mol. The summed E-state index contributed by atoms with van der Waals surface area (Å²) in [6.45, 7) is 0. The number of rotatable bonds is 5. The van der Waals surface area contributed by atoms with E-state index in [9.17, 15) is 27.9 Å². The van der Waals surface area contributed by atoms with E-state index < -0.39 is 29.7 Å². The van der Waals surface area contributed by atoms with Crippen LogP contribution < -0.4 is 11.1 Å². The minimum atomic E-state index is -4.55. The monoisotopic (exact) mass is 365 g/mol. The van der Waals surface area contributed by atoms with Gasteiger partial charge in [0.25, 0.3) is 5.91 Å². The number of nitrogen functional groups attached to an aromatic ring is 1. The van der Waals surface area contributed by atoms with Crippen LogP contribution in [0.15, 0.2) is 48.5 Å². The van der Waals surface area contributed by atoms with E-state index >= 15 is 0 Å². The molecule has 2 rings (SSSR count). The lowest BCUT2D eigenvalue weighted by molar-refractivity contribution is -0.139. The van der Waals surface area contributed by atoms with Gasteiger partial charge >= 0.3 is 12.1 Å². The minimum absolute atomic E-state index is 0.0124. The van der Waals surface area contributed by atoms with E-state index in [2.05, 4.69) is 5.32 Å². The second kappa shape index (κ2) is 7.26. The summed E-state index contributed by atoms with van der Waals surface area (Å²) in [7, 11) is 0. The second-order valence-corrected chi connectivity index (χ2v) is 5.36. The van der Waals surface area contributed by atoms with Crippen LogP contribution >= 0.6 is 0 Å². The molecule has 1 amide bonds. The number of carboxylic acids is 1. The van der Waals surface area contributed by atoms with Crippen molar-refractivity contribution in [3.8, 4) is 0 Å². The zero-order chi connectivity index (χ0) is 19.5. The summed E-state index contributed by atoms with van der Waals surface area (Å²) in [5.74, 6) is -2.46. The zero-order valence-corrected chi connectivity index (χ0v) is 13.2. The lowest BCUT2D eigenvalue weighted by Crippen LogP contribution is -2.34. The lowest BCUT2D eigenvalue weighted by atomic mass is 10.0. The first-order valence-electron chi connectivity index (χ1n) is 7.25. The molecule has 0 radical (unpaired) electrons. The van der Waals surface area contributed by atoms with E-state index in [1.165, 1.54) is 24.3 Å². The highest BCUT2D eigenvalue weighted by molar-refractivity contribution is 6.01. The molecule has 1 unspecified atom stereocenters. The summed E-state index contributed by atoms with van der Waals surface area (Å²) in [5, 5.41) is 18.9. The third kappa shape index (κ3) is 4.38. The fourth-order valence-electron chi connectivity index (χ4n) is 2.19. The van der Waals surface area contributed by atoms with Gasteiger partial charge in [0.15, 0.2) is 6.04 Å². The van der Waals surface area contributed by atoms with Gasteiger partial charge in [-0.1, -0.05) is 24.3 Å². The van der Waals surface area contributed by atoms with Crippen molar-refractivity contribution in [2.45, 2.75) is 12.2 Å². The van der Waals surface area contributed by atoms with Gasteiger partial charge in [-0.3, -0.25) is 10.2 Å². The first-order valence-corrected chi connectivity index (χ1v) is 7.25. The topological polar surface area (TPSA) is 116 Å². The van der Waals surface area contributed by atoms with E-state index in [0.29, 0.717) is 0 Å². The Bertz CT molecular complexity index is 848. The van der Waals surface area contributed by atoms with Gasteiger partial charge in [-0.2, -0.15) is 13.2 Å². The summed E-state index contributed by atoms with van der Waals surface area (Å²) < 4.78 is 37.8. The van der Waals surface area contributed by atoms with Crippen molar-refractivity contribution in [1.82, 2.24) is 5.32 Å². The Labute approximate surface area is 146 Å². The fraction of sp³-hybridized carbons (Fsp3) is 0.118. The molecule has 26 heavy (non-hydrogen) atoms. The molecule has 136 valence electrons. The highest BCUT2D eigenvalue weighted by Crippen LogP contribution is 2.30. The quantitative estimate of drug-likeness (QED) is 0.481. The Morgan fingerprint density at radius 1 is 1.08 bits per heavy atom. The van der Waals surface area contributed by atoms with Crippen molar-refractivity contribution in [2.24, 2.45) is 5.73 Å². The standard InChI is InChI=1S/C17H14F3N3O3/c18-17(19,20)12-6-4-9(5-7-12)13(16(25)26)23-15(24)11-3-1-2-10(8-11)14(21)22/h1-8,13H,(H3,21,22)(H,23,24)(H,25,26). The first-order chi connectivity index (χ1) is 12.1. The molecule has 0 heterocycles. The Kier molecular flexibility index (Phi) is 5.30. The summed E-state index contributed by atoms with van der Waals surface area (Å²) in [4.78, 5) is 23.7. The van der Waals surface area contributed by atoms with Crippen LogP contribution in [0.4, 0.5) is 13.2 Å². The molecule has 0 aliphatic heterocycles. The number of aliphatic carboxylic acids is 1. The highest BCUT2D eigenvalue weighted by Gasteiger charge is 2.31. The number of hydrogen-bond donors (Lipinski definition) is 4. The molecule has 6 nitrogen and oxygen atoms in total. The van der Waals surface area contributed by atoms with Crippen LogP contribution in [0.5, 0.6) is 0 Å². The van der Waals surface area contributed by atoms with Gasteiger partial charge in [-0.05, 0) is 29.8 Å². The number of benzene rings is 2. The van der Waals surface area contributed by atoms with Crippen LogP contribution in [0.2, 0.25) is 0 Å². The van der Waals surface area contributed by atoms with Crippen LogP contribution in [0, 0.1) is 5.41 Å². The number of carboxylic acid groups (broad SMARTS) is 1. The summed E-state index contributed by atoms with van der Waals surface area (Å²) in [6, 6.07) is 7.62. The van der Waals surface area contributed by atoms with Crippen molar-refractivity contribution in [3.05, 3.63) is 70.8 Å². The van der Waals surface area contributed by atoms with Crippen molar-refractivity contribution in [3.63, 3.8) is 0 Å². The molecule has 2 aromatic carbocycles. The van der Waals surface area contributed by atoms with Gasteiger partial charge in [0, 0.05) is 11.1 Å². The molecule has 2 aromatic rings. The maximum atomic E-state index is 12.6. The molecule has 9 heteroatoms. The van der Waals surface area contributed by atoms with Crippen molar-refractivity contribution in [1.29, 1.82) is 5.41 Å². The molecule has 0 saturated carbocycles. The molecule has 0 aliphatic carbocycles. The number of hydrogen-bond acceptors (Lipinski definition) is 3. The SMILES string of the molecule is N=C(N)c1cccc(C(=O)NC(C(=O)O)c2ccc(C(F)(F)F)cc2)c1. The number of carbonyl (C=O) groups excluding carboxylic acids is 1.